The summed E-state index contributed by atoms with van der Waals surface area (Å²) >= 11 is 0. The van der Waals surface area contributed by atoms with Crippen molar-refractivity contribution in [1.82, 2.24) is 9.80 Å². The van der Waals surface area contributed by atoms with E-state index in [0.29, 0.717) is 0 Å². The van der Waals surface area contributed by atoms with Gasteiger partial charge in [-0.25, -0.2) is 4.90 Å². The van der Waals surface area contributed by atoms with E-state index >= 15 is 0 Å². The predicted molar refractivity (Wildman–Crippen MR) is 120 cm³/mol. The second-order valence-electron chi connectivity index (χ2n) is 8.23. The molecule has 2 aliphatic heterocycles. The second kappa shape index (κ2) is 8.94. The lowest BCUT2D eigenvalue weighted by atomic mass is 10.1. The molecule has 2 aliphatic rings. The van der Waals surface area contributed by atoms with E-state index in [1.165, 1.54) is 10.5 Å². The number of imide groups is 1. The van der Waals surface area contributed by atoms with E-state index in [1.54, 1.807) is 0 Å². The van der Waals surface area contributed by atoms with E-state index in [4.69, 9.17) is 0 Å². The Balaban J connectivity index is 1.34. The first kappa shape index (κ1) is 20.5. The number of anilines is 1. The fourth-order valence-electron chi connectivity index (χ4n) is 4.37. The van der Waals surface area contributed by atoms with Crippen LogP contribution in [0.15, 0.2) is 54.6 Å². The molecule has 2 aromatic rings. The number of rotatable bonds is 5. The van der Waals surface area contributed by atoms with Crippen molar-refractivity contribution in [2.75, 3.05) is 37.6 Å². The van der Waals surface area contributed by atoms with Gasteiger partial charge in [0, 0.05) is 32.7 Å². The van der Waals surface area contributed by atoms with Crippen LogP contribution in [0.5, 0.6) is 0 Å². The maximum atomic E-state index is 13.1. The van der Waals surface area contributed by atoms with Crippen molar-refractivity contribution in [3.63, 3.8) is 0 Å². The monoisotopic (exact) mass is 403 g/mol. The van der Waals surface area contributed by atoms with Gasteiger partial charge in [0.25, 0.3) is 5.91 Å². The van der Waals surface area contributed by atoms with Gasteiger partial charge in [-0.1, -0.05) is 60.2 Å². The van der Waals surface area contributed by atoms with Gasteiger partial charge in [-0.05, 0) is 31.0 Å². The summed E-state index contributed by atoms with van der Waals surface area (Å²) in [6, 6.07) is 15.8. The van der Waals surface area contributed by atoms with Gasteiger partial charge >= 0.3 is 0 Å². The molecule has 4 rings (SSSR count). The van der Waals surface area contributed by atoms with E-state index in [0.717, 1.165) is 49.5 Å². The van der Waals surface area contributed by atoms with Crippen LogP contribution in [0.3, 0.4) is 0 Å². The molecule has 0 saturated carbocycles. The van der Waals surface area contributed by atoms with Crippen LogP contribution in [0.1, 0.15) is 23.1 Å². The summed E-state index contributed by atoms with van der Waals surface area (Å²) in [4.78, 5) is 31.7. The summed E-state index contributed by atoms with van der Waals surface area (Å²) in [6.07, 6.45) is 4.62. The summed E-state index contributed by atoms with van der Waals surface area (Å²) in [6.45, 7) is 8.29. The van der Waals surface area contributed by atoms with E-state index in [9.17, 15) is 9.59 Å². The zero-order valence-corrected chi connectivity index (χ0v) is 17.8. The summed E-state index contributed by atoms with van der Waals surface area (Å²) in [7, 11) is 0. The lowest BCUT2D eigenvalue weighted by molar-refractivity contribution is -0.123. The highest BCUT2D eigenvalue weighted by atomic mass is 16.2. The molecule has 0 aliphatic carbocycles. The molecule has 156 valence electrons. The molecule has 2 amide bonds. The summed E-state index contributed by atoms with van der Waals surface area (Å²) in [5, 5.41) is 0. The topological polar surface area (TPSA) is 43.9 Å². The van der Waals surface area contributed by atoms with Crippen molar-refractivity contribution in [1.29, 1.82) is 0 Å². The molecule has 0 spiro atoms. The van der Waals surface area contributed by atoms with Crippen LogP contribution in [0, 0.1) is 13.8 Å². The molecule has 2 fully saturated rings. The third kappa shape index (κ3) is 4.37. The Morgan fingerprint density at radius 1 is 0.967 bits per heavy atom. The number of amides is 2. The number of hydrogen-bond acceptors (Lipinski definition) is 4. The highest BCUT2D eigenvalue weighted by Gasteiger charge is 2.43. The molecule has 0 aromatic heterocycles. The van der Waals surface area contributed by atoms with Crippen molar-refractivity contribution in [3.8, 4) is 0 Å². The molecule has 5 heteroatoms. The molecule has 1 atom stereocenters. The Bertz CT molecular complexity index is 946. The number of nitrogens with zero attached hydrogens (tertiary/aromatic N) is 3. The van der Waals surface area contributed by atoms with Gasteiger partial charge in [0.05, 0.1) is 18.2 Å². The number of carbonyl (C=O) groups excluding carboxylic acids is 2. The van der Waals surface area contributed by atoms with E-state index < -0.39 is 0 Å². The Hall–Kier alpha value is -2.76. The third-order valence-electron chi connectivity index (χ3n) is 6.04. The fourth-order valence-corrected chi connectivity index (χ4v) is 4.37. The molecule has 2 aromatic carbocycles. The van der Waals surface area contributed by atoms with Gasteiger partial charge in [0.15, 0.2) is 0 Å². The second-order valence-corrected chi connectivity index (χ2v) is 8.23. The standard InChI is InChI=1S/C25H29N3O2/c1-19-10-11-22(20(2)17-19)28-24(29)18-23(25(28)30)27-15-13-26(14-16-27)12-6-9-21-7-4-3-5-8-21/h3-11,17,23H,12-16,18H2,1-2H3/b9-6+/t23-/m0/s1. The normalized spacial score (nSPS) is 21.1. The average molecular weight is 404 g/mol. The number of benzene rings is 2. The highest BCUT2D eigenvalue weighted by Crippen LogP contribution is 2.29. The quantitative estimate of drug-likeness (QED) is 0.719. The van der Waals surface area contributed by atoms with Crippen LogP contribution in [0.25, 0.3) is 6.08 Å². The van der Waals surface area contributed by atoms with Gasteiger partial charge in [-0.3, -0.25) is 19.4 Å². The van der Waals surface area contributed by atoms with E-state index in [2.05, 4.69) is 34.1 Å². The van der Waals surface area contributed by atoms with E-state index in [-0.39, 0.29) is 24.3 Å². The minimum atomic E-state index is -0.333. The van der Waals surface area contributed by atoms with Crippen LogP contribution in [-0.4, -0.2) is 60.4 Å². The summed E-state index contributed by atoms with van der Waals surface area (Å²) < 4.78 is 0. The molecular weight excluding hydrogens is 374 g/mol. The Morgan fingerprint density at radius 2 is 1.70 bits per heavy atom. The largest absolute Gasteiger partial charge is 0.297 e. The molecule has 0 radical (unpaired) electrons. The van der Waals surface area contributed by atoms with Crippen LogP contribution >= 0.6 is 0 Å². The van der Waals surface area contributed by atoms with Gasteiger partial charge in [0.2, 0.25) is 5.91 Å². The number of hydrogen-bond donors (Lipinski definition) is 0. The lowest BCUT2D eigenvalue weighted by Crippen LogP contribution is -2.52. The van der Waals surface area contributed by atoms with Crippen LogP contribution in [0.4, 0.5) is 5.69 Å². The minimum Gasteiger partial charge on any atom is -0.297 e. The molecule has 0 bridgehead atoms. The van der Waals surface area contributed by atoms with Crippen molar-refractivity contribution >= 4 is 23.6 Å². The zero-order chi connectivity index (χ0) is 21.1. The minimum absolute atomic E-state index is 0.0793. The maximum Gasteiger partial charge on any atom is 0.251 e. The highest BCUT2D eigenvalue weighted by molar-refractivity contribution is 6.22. The fraction of sp³-hybridized carbons (Fsp3) is 0.360. The Kier molecular flexibility index (Phi) is 6.11. The van der Waals surface area contributed by atoms with Crippen molar-refractivity contribution in [2.24, 2.45) is 0 Å². The average Bonchev–Trinajstić information content (AvgIpc) is 3.04. The first-order valence-corrected chi connectivity index (χ1v) is 10.6. The first-order valence-electron chi connectivity index (χ1n) is 10.6. The number of carbonyl (C=O) groups is 2. The molecular formula is C25H29N3O2. The molecule has 30 heavy (non-hydrogen) atoms. The predicted octanol–water partition coefficient (Wildman–Crippen LogP) is 3.27. The van der Waals surface area contributed by atoms with Crippen molar-refractivity contribution in [3.05, 3.63) is 71.3 Å². The van der Waals surface area contributed by atoms with Crippen molar-refractivity contribution < 1.29 is 9.59 Å². The van der Waals surface area contributed by atoms with Gasteiger partial charge in [-0.15, -0.1) is 0 Å². The van der Waals surface area contributed by atoms with Gasteiger partial charge < -0.3 is 0 Å². The molecule has 2 saturated heterocycles. The number of aryl methyl sites for hydroxylation is 2. The smallest absolute Gasteiger partial charge is 0.251 e. The Morgan fingerprint density at radius 3 is 2.40 bits per heavy atom. The molecule has 0 N–H and O–H groups in total. The molecule has 2 heterocycles. The SMILES string of the molecule is Cc1ccc(N2C(=O)C[C@H](N3CCN(C/C=C/c4ccccc4)CC3)C2=O)c(C)c1. The van der Waals surface area contributed by atoms with E-state index in [1.807, 2.05) is 50.2 Å². The maximum absolute atomic E-state index is 13.1. The Labute approximate surface area is 178 Å². The molecule has 0 unspecified atom stereocenters. The summed E-state index contributed by atoms with van der Waals surface area (Å²) in [5.74, 6) is -0.172. The summed E-state index contributed by atoms with van der Waals surface area (Å²) in [5.41, 5.74) is 4.03. The third-order valence-corrected chi connectivity index (χ3v) is 6.04. The van der Waals surface area contributed by atoms with Crippen LogP contribution in [0.2, 0.25) is 0 Å². The van der Waals surface area contributed by atoms with Gasteiger partial charge in [-0.2, -0.15) is 0 Å². The van der Waals surface area contributed by atoms with Crippen LogP contribution in [-0.2, 0) is 9.59 Å². The first-order chi connectivity index (χ1) is 14.5. The van der Waals surface area contributed by atoms with Crippen molar-refractivity contribution in [2.45, 2.75) is 26.3 Å². The number of piperazine rings is 1. The van der Waals surface area contributed by atoms with Crippen LogP contribution < -0.4 is 4.90 Å². The lowest BCUT2D eigenvalue weighted by Gasteiger charge is -2.36. The van der Waals surface area contributed by atoms with Gasteiger partial charge in [0.1, 0.15) is 0 Å². The zero-order valence-electron chi connectivity index (χ0n) is 17.8. The molecule has 5 nitrogen and oxygen atoms in total.